The number of carboxylic acid groups (broad SMARTS) is 1. The van der Waals surface area contributed by atoms with E-state index in [1.165, 1.54) is 11.8 Å². The number of aliphatic carboxylic acids is 1. The highest BCUT2D eigenvalue weighted by atomic mass is 32.2. The van der Waals surface area contributed by atoms with Gasteiger partial charge in [-0.05, 0) is 38.2 Å². The predicted octanol–water partition coefficient (Wildman–Crippen LogP) is 2.97. The Labute approximate surface area is 211 Å². The van der Waals surface area contributed by atoms with Crippen LogP contribution >= 0.6 is 11.8 Å². The monoisotopic (exact) mass is 500 g/mol. The Morgan fingerprint density at radius 2 is 2.03 bits per heavy atom. The van der Waals surface area contributed by atoms with Crippen LogP contribution in [0.5, 0.6) is 0 Å². The van der Waals surface area contributed by atoms with E-state index >= 15 is 0 Å². The van der Waals surface area contributed by atoms with Gasteiger partial charge in [0.25, 0.3) is 0 Å². The van der Waals surface area contributed by atoms with E-state index in [0.717, 1.165) is 18.4 Å². The van der Waals surface area contributed by atoms with Crippen LogP contribution in [-0.2, 0) is 20.8 Å². The third-order valence-corrected chi connectivity index (χ3v) is 10.1. The summed E-state index contributed by atoms with van der Waals surface area (Å²) in [4.78, 5) is 44.0. The number of aliphatic hydroxyl groups is 1. The lowest BCUT2D eigenvalue weighted by Crippen LogP contribution is -2.58. The molecule has 2 N–H and O–H groups in total. The highest BCUT2D eigenvalue weighted by Gasteiger charge is 2.78. The molecule has 3 heterocycles. The number of likely N-dealkylation sites (tertiary alicyclic amines) is 1. The first-order chi connectivity index (χ1) is 16.7. The number of unbranched alkanes of at least 4 members (excludes halogenated alkanes) is 1. The summed E-state index contributed by atoms with van der Waals surface area (Å²) in [5.74, 6) is -3.09. The van der Waals surface area contributed by atoms with Crippen LogP contribution in [-0.4, -0.2) is 79.1 Å². The summed E-state index contributed by atoms with van der Waals surface area (Å²) in [6, 6.07) is 8.16. The molecule has 0 saturated carbocycles. The van der Waals surface area contributed by atoms with Gasteiger partial charge in [-0.2, -0.15) is 0 Å². The molecule has 0 radical (unpaired) electrons. The van der Waals surface area contributed by atoms with E-state index in [0.29, 0.717) is 32.4 Å². The molecule has 6 atom stereocenters. The normalized spacial score (nSPS) is 31.9. The Balaban J connectivity index is 1.79. The van der Waals surface area contributed by atoms with Gasteiger partial charge in [-0.3, -0.25) is 14.4 Å². The van der Waals surface area contributed by atoms with Crippen LogP contribution in [0.25, 0.3) is 0 Å². The summed E-state index contributed by atoms with van der Waals surface area (Å²) in [5.41, 5.74) is 0.952. The number of carbonyl (C=O) groups is 3. The highest BCUT2D eigenvalue weighted by molar-refractivity contribution is 8.02. The number of fused-ring (bicyclic) bond motifs is 1. The van der Waals surface area contributed by atoms with Gasteiger partial charge in [0, 0.05) is 17.8 Å². The molecule has 3 aliphatic heterocycles. The number of carbonyl (C=O) groups excluding carboxylic acids is 2. The smallest absolute Gasteiger partial charge is 0.308 e. The molecule has 8 heteroatoms. The average molecular weight is 501 g/mol. The number of hydrogen-bond donors (Lipinski definition) is 2. The zero-order valence-corrected chi connectivity index (χ0v) is 21.4. The van der Waals surface area contributed by atoms with Crippen LogP contribution in [0, 0.1) is 11.8 Å². The third-order valence-electron chi connectivity index (χ3n) is 8.08. The Hall–Kier alpha value is -2.32. The first kappa shape index (κ1) is 25.8. The van der Waals surface area contributed by atoms with E-state index in [1.807, 2.05) is 37.3 Å². The number of carboxylic acids is 1. The van der Waals surface area contributed by atoms with Crippen molar-refractivity contribution >= 4 is 29.5 Å². The molecule has 0 aromatic heterocycles. The second-order valence-corrected chi connectivity index (χ2v) is 12.2. The lowest BCUT2D eigenvalue weighted by atomic mass is 9.66. The van der Waals surface area contributed by atoms with E-state index in [4.69, 9.17) is 0 Å². The van der Waals surface area contributed by atoms with Crippen molar-refractivity contribution in [2.24, 2.45) is 11.8 Å². The first-order valence-corrected chi connectivity index (χ1v) is 13.3. The molecule has 7 nitrogen and oxygen atoms in total. The van der Waals surface area contributed by atoms with Gasteiger partial charge >= 0.3 is 5.97 Å². The zero-order chi connectivity index (χ0) is 25.4. The molecule has 3 saturated heterocycles. The molecule has 1 aromatic carbocycles. The second kappa shape index (κ2) is 9.97. The maximum atomic E-state index is 14.2. The molecule has 1 aromatic rings. The lowest BCUT2D eigenvalue weighted by molar-refractivity contribution is -0.151. The molecule has 3 fully saturated rings. The van der Waals surface area contributed by atoms with Crippen LogP contribution in [0.15, 0.2) is 43.0 Å². The van der Waals surface area contributed by atoms with Crippen molar-refractivity contribution in [2.75, 3.05) is 19.7 Å². The predicted molar refractivity (Wildman–Crippen MR) is 136 cm³/mol. The third kappa shape index (κ3) is 4.18. The fourth-order valence-corrected chi connectivity index (χ4v) is 8.85. The number of thioether (sulfide) groups is 1. The highest BCUT2D eigenvalue weighted by Crippen LogP contribution is 2.71. The van der Waals surface area contributed by atoms with Gasteiger partial charge in [-0.1, -0.05) is 49.8 Å². The summed E-state index contributed by atoms with van der Waals surface area (Å²) >= 11 is 1.53. The molecule has 35 heavy (non-hydrogen) atoms. The van der Waals surface area contributed by atoms with Gasteiger partial charge in [0.05, 0.1) is 29.2 Å². The summed E-state index contributed by atoms with van der Waals surface area (Å²) in [5, 5.41) is 20.6. The van der Waals surface area contributed by atoms with Gasteiger partial charge in [0.15, 0.2) is 0 Å². The van der Waals surface area contributed by atoms with Gasteiger partial charge < -0.3 is 20.0 Å². The van der Waals surface area contributed by atoms with E-state index in [2.05, 4.69) is 13.5 Å². The second-order valence-electron chi connectivity index (χ2n) is 10.3. The van der Waals surface area contributed by atoms with Crippen molar-refractivity contribution in [1.82, 2.24) is 9.80 Å². The van der Waals surface area contributed by atoms with Crippen molar-refractivity contribution in [3.05, 3.63) is 48.6 Å². The van der Waals surface area contributed by atoms with Crippen molar-refractivity contribution in [2.45, 2.75) is 67.5 Å². The molecule has 0 aliphatic carbocycles. The number of nitrogens with zero attached hydrogens (tertiary/aromatic N) is 2. The first-order valence-electron chi connectivity index (χ1n) is 12.5. The minimum atomic E-state index is -0.981. The lowest BCUT2D eigenvalue weighted by Gasteiger charge is -2.39. The SMILES string of the molecule is C=CCN(CCCC)C(=O)C1N([C@@H](CO)Cc2ccccc2)C(=O)[C@@H]2[C@@H](C(=O)O)[C@@]3(C)CCC12S3. The molecular weight excluding hydrogens is 464 g/mol. The quantitative estimate of drug-likeness (QED) is 0.454. The fraction of sp³-hybridized carbons (Fsp3) is 0.593. The number of hydrogen-bond acceptors (Lipinski definition) is 5. The molecule has 1 spiro atoms. The van der Waals surface area contributed by atoms with Crippen molar-refractivity contribution in [3.8, 4) is 0 Å². The summed E-state index contributed by atoms with van der Waals surface area (Å²) in [6.45, 7) is 8.42. The Bertz CT molecular complexity index is 987. The molecule has 2 bridgehead atoms. The number of rotatable bonds is 11. The van der Waals surface area contributed by atoms with E-state index in [1.54, 1.807) is 15.9 Å². The van der Waals surface area contributed by atoms with E-state index in [9.17, 15) is 24.6 Å². The maximum absolute atomic E-state index is 14.2. The molecule has 2 amide bonds. The van der Waals surface area contributed by atoms with Crippen LogP contribution in [0.2, 0.25) is 0 Å². The van der Waals surface area contributed by atoms with Crippen LogP contribution in [0.3, 0.4) is 0 Å². The van der Waals surface area contributed by atoms with E-state index in [-0.39, 0.29) is 18.4 Å². The molecule has 3 aliphatic rings. The van der Waals surface area contributed by atoms with Crippen LogP contribution in [0.1, 0.15) is 45.1 Å². The van der Waals surface area contributed by atoms with Crippen LogP contribution in [0.4, 0.5) is 0 Å². The van der Waals surface area contributed by atoms with E-state index < -0.39 is 39.4 Å². The minimum absolute atomic E-state index is 0.163. The van der Waals surface area contributed by atoms with Gasteiger partial charge in [-0.15, -0.1) is 18.3 Å². The summed E-state index contributed by atoms with van der Waals surface area (Å²) in [6.07, 6.45) is 5.09. The van der Waals surface area contributed by atoms with Gasteiger partial charge in [-0.25, -0.2) is 0 Å². The standard InChI is InChI=1S/C27H36N2O5S/c1-4-6-15-28(14-5-2)24(32)22-27-13-12-26(3,35-27)21(25(33)34)20(27)23(31)29(22)19(17-30)16-18-10-8-7-9-11-18/h5,7-11,19-22,30H,2,4,6,12-17H2,1,3H3,(H,33,34)/t19-,20+,21+,22?,26-,27?/m1/s1. The summed E-state index contributed by atoms with van der Waals surface area (Å²) in [7, 11) is 0. The van der Waals surface area contributed by atoms with Crippen molar-refractivity contribution < 1.29 is 24.6 Å². The topological polar surface area (TPSA) is 98.2 Å². The van der Waals surface area contributed by atoms with Gasteiger partial charge in [0.1, 0.15) is 6.04 Å². The largest absolute Gasteiger partial charge is 0.481 e. The Morgan fingerprint density at radius 1 is 1.31 bits per heavy atom. The summed E-state index contributed by atoms with van der Waals surface area (Å²) < 4.78 is -1.39. The Morgan fingerprint density at radius 3 is 2.63 bits per heavy atom. The number of aliphatic hydroxyl groups excluding tert-OH is 1. The Kier molecular flexibility index (Phi) is 7.34. The minimum Gasteiger partial charge on any atom is -0.481 e. The molecular formula is C27H36N2O5S. The maximum Gasteiger partial charge on any atom is 0.308 e. The van der Waals surface area contributed by atoms with Crippen LogP contribution < -0.4 is 0 Å². The molecule has 4 rings (SSSR count). The van der Waals surface area contributed by atoms with Crippen molar-refractivity contribution in [3.63, 3.8) is 0 Å². The number of benzene rings is 1. The number of amides is 2. The fourth-order valence-electron chi connectivity index (χ4n) is 6.52. The zero-order valence-electron chi connectivity index (χ0n) is 20.6. The molecule has 2 unspecified atom stereocenters. The van der Waals surface area contributed by atoms with Gasteiger partial charge in [0.2, 0.25) is 11.8 Å². The average Bonchev–Trinajstić information content (AvgIpc) is 3.41. The van der Waals surface area contributed by atoms with Crippen molar-refractivity contribution in [1.29, 1.82) is 0 Å². The molecule has 190 valence electrons.